The lowest BCUT2D eigenvalue weighted by Gasteiger charge is -2.37. The maximum atomic E-state index is 11.8. The first-order chi connectivity index (χ1) is 13.1. The molecule has 1 saturated heterocycles. The number of methoxy groups -OCH3 is 1. The third-order valence-corrected chi connectivity index (χ3v) is 5.92. The molecule has 1 aromatic rings. The van der Waals surface area contributed by atoms with Gasteiger partial charge in [0.15, 0.2) is 17.1 Å². The Labute approximate surface area is 160 Å². The molecule has 4 rings (SSSR count). The Morgan fingerprint density at radius 2 is 2.07 bits per heavy atom. The monoisotopic (exact) mass is 372 g/mol. The minimum Gasteiger partial charge on any atom is -0.493 e. The molecule has 0 bridgehead atoms. The molecule has 1 atom stereocenters. The first kappa shape index (κ1) is 18.1. The molecule has 6 nitrogen and oxygen atoms in total. The molecule has 2 aliphatic heterocycles. The van der Waals surface area contributed by atoms with Crippen LogP contribution in [0, 0.1) is 0 Å². The quantitative estimate of drug-likeness (QED) is 0.811. The summed E-state index contributed by atoms with van der Waals surface area (Å²) >= 11 is 0. The number of ether oxygens (including phenoxy) is 2. The second kappa shape index (κ2) is 7.41. The highest BCUT2D eigenvalue weighted by atomic mass is 16.7. The Morgan fingerprint density at radius 3 is 2.81 bits per heavy atom. The van der Waals surface area contributed by atoms with Crippen LogP contribution in [-0.4, -0.2) is 48.4 Å². The zero-order chi connectivity index (χ0) is 18.9. The van der Waals surface area contributed by atoms with E-state index >= 15 is 0 Å². The second-order valence-electron chi connectivity index (χ2n) is 7.92. The standard InChI is InChI=1S/C21H28N2O4/c1-15(24)23-11-5-10-21(14-23)13-18(22-27-21)16-8-9-19(25-2)20(12-16)26-17-6-3-4-7-17/h8-9,12,17H,3-7,10-11,13-14H2,1-2H3. The van der Waals surface area contributed by atoms with E-state index in [4.69, 9.17) is 14.3 Å². The van der Waals surface area contributed by atoms with Gasteiger partial charge in [0.2, 0.25) is 5.91 Å². The Balaban J connectivity index is 1.51. The molecule has 1 saturated carbocycles. The van der Waals surface area contributed by atoms with Crippen LogP contribution in [0.1, 0.15) is 57.4 Å². The molecule has 146 valence electrons. The maximum Gasteiger partial charge on any atom is 0.219 e. The summed E-state index contributed by atoms with van der Waals surface area (Å²) in [6.45, 7) is 3.03. The molecule has 1 aliphatic carbocycles. The summed E-state index contributed by atoms with van der Waals surface area (Å²) in [6.07, 6.45) is 7.50. The van der Waals surface area contributed by atoms with E-state index in [1.165, 1.54) is 12.8 Å². The minimum absolute atomic E-state index is 0.0998. The SMILES string of the molecule is COc1ccc(C2=NOC3(CCCN(C(C)=O)C3)C2)cc1OC1CCCC1. The third-order valence-electron chi connectivity index (χ3n) is 5.92. The number of amides is 1. The van der Waals surface area contributed by atoms with E-state index in [1.54, 1.807) is 14.0 Å². The first-order valence-corrected chi connectivity index (χ1v) is 9.94. The van der Waals surface area contributed by atoms with Crippen LogP contribution in [-0.2, 0) is 9.63 Å². The van der Waals surface area contributed by atoms with E-state index in [-0.39, 0.29) is 17.6 Å². The van der Waals surface area contributed by atoms with Gasteiger partial charge in [0.25, 0.3) is 0 Å². The number of carbonyl (C=O) groups excluding carboxylic acids is 1. The van der Waals surface area contributed by atoms with Gasteiger partial charge < -0.3 is 19.2 Å². The molecule has 3 aliphatic rings. The van der Waals surface area contributed by atoms with E-state index in [1.807, 2.05) is 23.1 Å². The number of rotatable bonds is 4. The molecule has 0 radical (unpaired) electrons. The zero-order valence-electron chi connectivity index (χ0n) is 16.2. The summed E-state index contributed by atoms with van der Waals surface area (Å²) in [7, 11) is 1.67. The maximum absolute atomic E-state index is 11.8. The minimum atomic E-state index is -0.383. The summed E-state index contributed by atoms with van der Waals surface area (Å²) in [4.78, 5) is 19.5. The van der Waals surface area contributed by atoms with Crippen LogP contribution in [0.25, 0.3) is 0 Å². The molecule has 0 aromatic heterocycles. The fraction of sp³-hybridized carbons (Fsp3) is 0.619. The lowest BCUT2D eigenvalue weighted by molar-refractivity contribution is -0.138. The van der Waals surface area contributed by atoms with Crippen molar-refractivity contribution in [2.45, 2.75) is 63.6 Å². The zero-order valence-corrected chi connectivity index (χ0v) is 16.2. The van der Waals surface area contributed by atoms with Crippen molar-refractivity contribution in [1.82, 2.24) is 4.90 Å². The number of likely N-dealkylation sites (tertiary alicyclic amines) is 1. The third kappa shape index (κ3) is 3.75. The molecule has 1 spiro atoms. The van der Waals surface area contributed by atoms with Crippen LogP contribution in [0.3, 0.4) is 0 Å². The number of piperidine rings is 1. The van der Waals surface area contributed by atoms with Gasteiger partial charge in [-0.2, -0.15) is 0 Å². The van der Waals surface area contributed by atoms with Crippen LogP contribution >= 0.6 is 0 Å². The fourth-order valence-electron chi connectivity index (χ4n) is 4.40. The highest BCUT2D eigenvalue weighted by Crippen LogP contribution is 2.37. The van der Waals surface area contributed by atoms with Crippen molar-refractivity contribution in [2.75, 3.05) is 20.2 Å². The lowest BCUT2D eigenvalue weighted by atomic mass is 9.86. The van der Waals surface area contributed by atoms with Gasteiger partial charge >= 0.3 is 0 Å². The topological polar surface area (TPSA) is 60.4 Å². The van der Waals surface area contributed by atoms with E-state index < -0.39 is 0 Å². The molecule has 1 unspecified atom stereocenters. The number of carbonyl (C=O) groups is 1. The molecule has 27 heavy (non-hydrogen) atoms. The number of hydrogen-bond acceptors (Lipinski definition) is 5. The van der Waals surface area contributed by atoms with Gasteiger partial charge in [-0.25, -0.2) is 0 Å². The largest absolute Gasteiger partial charge is 0.493 e. The van der Waals surface area contributed by atoms with Gasteiger partial charge in [0, 0.05) is 25.5 Å². The molecule has 0 N–H and O–H groups in total. The van der Waals surface area contributed by atoms with Crippen molar-refractivity contribution >= 4 is 11.6 Å². The highest BCUT2D eigenvalue weighted by molar-refractivity contribution is 6.02. The average molecular weight is 372 g/mol. The Bertz CT molecular complexity index is 742. The van der Waals surface area contributed by atoms with E-state index in [0.717, 1.165) is 55.0 Å². The summed E-state index contributed by atoms with van der Waals surface area (Å²) in [6, 6.07) is 5.97. The number of nitrogens with zero attached hydrogens (tertiary/aromatic N) is 2. The fourth-order valence-corrected chi connectivity index (χ4v) is 4.40. The van der Waals surface area contributed by atoms with Crippen molar-refractivity contribution in [3.8, 4) is 11.5 Å². The summed E-state index contributed by atoms with van der Waals surface area (Å²) in [5.74, 6) is 1.63. The molecule has 6 heteroatoms. The number of hydrogen-bond donors (Lipinski definition) is 0. The van der Waals surface area contributed by atoms with Crippen LogP contribution in [0.15, 0.2) is 23.4 Å². The van der Waals surface area contributed by atoms with E-state index in [2.05, 4.69) is 5.16 Å². The highest BCUT2D eigenvalue weighted by Gasteiger charge is 2.43. The van der Waals surface area contributed by atoms with E-state index in [0.29, 0.717) is 13.0 Å². The smallest absolute Gasteiger partial charge is 0.219 e. The number of oxime groups is 1. The summed E-state index contributed by atoms with van der Waals surface area (Å²) in [5.41, 5.74) is 1.53. The van der Waals surface area contributed by atoms with E-state index in [9.17, 15) is 4.79 Å². The molecule has 2 heterocycles. The van der Waals surface area contributed by atoms with Crippen molar-refractivity contribution < 1.29 is 19.1 Å². The van der Waals surface area contributed by atoms with Crippen molar-refractivity contribution in [1.29, 1.82) is 0 Å². The van der Waals surface area contributed by atoms with Gasteiger partial charge in [0.1, 0.15) is 0 Å². The van der Waals surface area contributed by atoms with Crippen molar-refractivity contribution in [3.63, 3.8) is 0 Å². The molecular weight excluding hydrogens is 344 g/mol. The van der Waals surface area contributed by atoms with Crippen molar-refractivity contribution in [2.24, 2.45) is 5.16 Å². The lowest BCUT2D eigenvalue weighted by Crippen LogP contribution is -2.49. The van der Waals surface area contributed by atoms with Crippen LogP contribution in [0.5, 0.6) is 11.5 Å². The van der Waals surface area contributed by atoms with Gasteiger partial charge in [-0.05, 0) is 56.7 Å². The van der Waals surface area contributed by atoms with Gasteiger partial charge in [-0.1, -0.05) is 5.16 Å². The van der Waals surface area contributed by atoms with Crippen LogP contribution in [0.4, 0.5) is 0 Å². The van der Waals surface area contributed by atoms with Crippen LogP contribution in [0.2, 0.25) is 0 Å². The normalized spacial score (nSPS) is 25.4. The van der Waals surface area contributed by atoms with Gasteiger partial charge in [-0.15, -0.1) is 0 Å². The molecular formula is C21H28N2O4. The molecule has 2 fully saturated rings. The molecule has 1 aromatic carbocycles. The Morgan fingerprint density at radius 1 is 1.26 bits per heavy atom. The predicted octanol–water partition coefficient (Wildman–Crippen LogP) is 3.52. The number of benzene rings is 1. The Kier molecular flexibility index (Phi) is 4.98. The first-order valence-electron chi connectivity index (χ1n) is 9.94. The molecule has 1 amide bonds. The second-order valence-corrected chi connectivity index (χ2v) is 7.92. The van der Waals surface area contributed by atoms with Crippen molar-refractivity contribution in [3.05, 3.63) is 23.8 Å². The summed E-state index contributed by atoms with van der Waals surface area (Å²) in [5, 5.41) is 4.39. The predicted molar refractivity (Wildman–Crippen MR) is 102 cm³/mol. The average Bonchev–Trinajstić information content (AvgIpc) is 3.32. The van der Waals surface area contributed by atoms with Gasteiger partial charge in [-0.3, -0.25) is 4.79 Å². The Hall–Kier alpha value is -2.24. The van der Waals surface area contributed by atoms with Crippen LogP contribution < -0.4 is 9.47 Å². The summed E-state index contributed by atoms with van der Waals surface area (Å²) < 4.78 is 11.7. The van der Waals surface area contributed by atoms with Gasteiger partial charge in [0.05, 0.1) is 25.5 Å².